The zero-order valence-corrected chi connectivity index (χ0v) is 17.6. The van der Waals surface area contributed by atoms with Gasteiger partial charge in [0.25, 0.3) is 0 Å². The largest absolute Gasteiger partial charge is 0.481 e. The maximum atomic E-state index is 12.6. The van der Waals surface area contributed by atoms with Crippen LogP contribution in [0.4, 0.5) is 0 Å². The number of esters is 2. The molecule has 0 N–H and O–H groups in total. The van der Waals surface area contributed by atoms with Crippen molar-refractivity contribution in [2.75, 3.05) is 13.6 Å². The molecule has 0 unspecified atom stereocenters. The van der Waals surface area contributed by atoms with Crippen LogP contribution in [-0.2, 0) is 26.2 Å². The molecule has 7 heteroatoms. The van der Waals surface area contributed by atoms with Crippen LogP contribution in [0.5, 0.6) is 11.5 Å². The summed E-state index contributed by atoms with van der Waals surface area (Å²) in [4.78, 5) is 38.5. The molecule has 0 saturated carbocycles. The number of rotatable bonds is 3. The molecule has 5 rings (SSSR count). The van der Waals surface area contributed by atoms with E-state index >= 15 is 0 Å². The summed E-state index contributed by atoms with van der Waals surface area (Å²) in [6, 6.07) is 1.85. The number of nitrogens with zero attached hydrogens (tertiary/aromatic N) is 1. The van der Waals surface area contributed by atoms with Gasteiger partial charge in [-0.05, 0) is 51.1 Å². The number of carbonyl (C=O) groups excluding carboxylic acids is 3. The smallest absolute Gasteiger partial charge is 0.308 e. The molecule has 1 spiro atoms. The van der Waals surface area contributed by atoms with Crippen LogP contribution in [0.15, 0.2) is 18.2 Å². The lowest BCUT2D eigenvalue weighted by atomic mass is 9.53. The van der Waals surface area contributed by atoms with Gasteiger partial charge in [-0.15, -0.1) is 0 Å². The highest BCUT2D eigenvalue weighted by atomic mass is 16.6. The molecular weight excluding hydrogens is 386 g/mol. The summed E-state index contributed by atoms with van der Waals surface area (Å²) in [6.07, 6.45) is 4.65. The lowest BCUT2D eigenvalue weighted by Gasteiger charge is -2.56. The molecule has 0 amide bonds. The molecule has 30 heavy (non-hydrogen) atoms. The highest BCUT2D eigenvalue weighted by Gasteiger charge is 2.65. The zero-order chi connectivity index (χ0) is 21.4. The third kappa shape index (κ3) is 2.44. The van der Waals surface area contributed by atoms with E-state index in [4.69, 9.17) is 14.2 Å². The van der Waals surface area contributed by atoms with Crippen LogP contribution in [0, 0.1) is 5.92 Å². The number of likely N-dealkylation sites (N-methyl/N-ethyl adjacent to an activating group) is 1. The number of ether oxygens (including phenoxy) is 3. The average Bonchev–Trinajstić information content (AvgIpc) is 3.01. The molecule has 1 fully saturated rings. The Bertz CT molecular complexity index is 1010. The van der Waals surface area contributed by atoms with E-state index in [-0.39, 0.29) is 29.5 Å². The Morgan fingerprint density at radius 1 is 1.17 bits per heavy atom. The van der Waals surface area contributed by atoms with Gasteiger partial charge in [-0.1, -0.05) is 6.08 Å². The molecule has 1 aromatic rings. The summed E-state index contributed by atoms with van der Waals surface area (Å²) in [5.74, 6) is 0.0402. The highest BCUT2D eigenvalue weighted by molar-refractivity contribution is 5.97. The molecule has 0 aromatic heterocycles. The SMILES string of the molecule is CC(=O)Oc1cc(C(C)=O)c2c3c1O[C@H]1[C@@H](OC(C)=O)C=C[C@H]4[C@@H](C2)N(C)CC[C@@]341. The molecule has 158 valence electrons. The Hall–Kier alpha value is -2.67. The second-order valence-corrected chi connectivity index (χ2v) is 8.82. The lowest BCUT2D eigenvalue weighted by molar-refractivity contribution is -0.152. The van der Waals surface area contributed by atoms with Gasteiger partial charge >= 0.3 is 11.9 Å². The first-order chi connectivity index (χ1) is 14.2. The molecule has 2 aliphatic heterocycles. The van der Waals surface area contributed by atoms with Crippen molar-refractivity contribution >= 4 is 17.7 Å². The quantitative estimate of drug-likeness (QED) is 0.326. The van der Waals surface area contributed by atoms with Crippen LogP contribution >= 0.6 is 0 Å². The van der Waals surface area contributed by atoms with Gasteiger partial charge in [-0.2, -0.15) is 0 Å². The fourth-order valence-corrected chi connectivity index (χ4v) is 6.13. The van der Waals surface area contributed by atoms with Gasteiger partial charge in [0.05, 0.1) is 0 Å². The van der Waals surface area contributed by atoms with Crippen molar-refractivity contribution in [1.82, 2.24) is 4.90 Å². The van der Waals surface area contributed by atoms with Crippen molar-refractivity contribution in [2.45, 2.75) is 57.3 Å². The second-order valence-electron chi connectivity index (χ2n) is 8.82. The van der Waals surface area contributed by atoms with Gasteiger partial charge in [0.2, 0.25) is 0 Å². The van der Waals surface area contributed by atoms with Gasteiger partial charge in [0.1, 0.15) is 6.10 Å². The lowest BCUT2D eigenvalue weighted by Crippen LogP contribution is -2.65. The van der Waals surface area contributed by atoms with Crippen LogP contribution in [0.25, 0.3) is 0 Å². The highest BCUT2D eigenvalue weighted by Crippen LogP contribution is 2.63. The minimum atomic E-state index is -0.535. The van der Waals surface area contributed by atoms with E-state index in [0.717, 1.165) is 30.5 Å². The van der Waals surface area contributed by atoms with Crippen molar-refractivity contribution in [3.8, 4) is 11.5 Å². The predicted molar refractivity (Wildman–Crippen MR) is 107 cm³/mol. The summed E-state index contributed by atoms with van der Waals surface area (Å²) in [6.45, 7) is 5.13. The molecule has 2 heterocycles. The van der Waals surface area contributed by atoms with Crippen LogP contribution in [0.3, 0.4) is 0 Å². The van der Waals surface area contributed by atoms with Crippen LogP contribution in [-0.4, -0.2) is 54.5 Å². The molecule has 1 saturated heterocycles. The first-order valence-corrected chi connectivity index (χ1v) is 10.4. The first kappa shape index (κ1) is 19.3. The molecule has 7 nitrogen and oxygen atoms in total. The molecule has 2 aliphatic carbocycles. The monoisotopic (exact) mass is 411 g/mol. The van der Waals surface area contributed by atoms with Crippen LogP contribution in [0.1, 0.15) is 48.7 Å². The maximum absolute atomic E-state index is 12.6. The first-order valence-electron chi connectivity index (χ1n) is 10.4. The van der Waals surface area contributed by atoms with Crippen molar-refractivity contribution in [2.24, 2.45) is 5.92 Å². The zero-order valence-electron chi connectivity index (χ0n) is 17.6. The molecule has 1 aromatic carbocycles. The average molecular weight is 411 g/mol. The number of benzene rings is 1. The molecule has 0 radical (unpaired) electrons. The number of hydrogen-bond donors (Lipinski definition) is 0. The minimum Gasteiger partial charge on any atom is -0.481 e. The van der Waals surface area contributed by atoms with Crippen LogP contribution < -0.4 is 9.47 Å². The second kappa shape index (κ2) is 6.41. The molecule has 5 atom stereocenters. The van der Waals surface area contributed by atoms with E-state index < -0.39 is 23.6 Å². The standard InChI is InChI=1S/C23H25NO6/c1-11(25)14-10-19(29-13(3)27)21-20-15(14)9-17-16-5-6-18(28-12(2)26)22(30-21)23(16,20)7-8-24(17)4/h5-6,10,16-18,22H,7-9H2,1-4H3/t16-,17+,18-,22-,23-/m0/s1. The number of likely N-dealkylation sites (tertiary alicyclic amines) is 1. The Balaban J connectivity index is 1.79. The van der Waals surface area contributed by atoms with Gasteiger partial charge in [0.15, 0.2) is 23.4 Å². The Labute approximate surface area is 175 Å². The van der Waals surface area contributed by atoms with E-state index in [2.05, 4.69) is 18.0 Å². The van der Waals surface area contributed by atoms with Gasteiger partial charge < -0.3 is 19.1 Å². The van der Waals surface area contributed by atoms with Crippen molar-refractivity contribution < 1.29 is 28.6 Å². The minimum absolute atomic E-state index is 0.0666. The summed E-state index contributed by atoms with van der Waals surface area (Å²) in [7, 11) is 2.11. The van der Waals surface area contributed by atoms with Crippen molar-refractivity contribution in [3.05, 3.63) is 34.9 Å². The normalized spacial score (nSPS) is 32.8. The molecule has 2 bridgehead atoms. The van der Waals surface area contributed by atoms with Crippen molar-refractivity contribution in [1.29, 1.82) is 0 Å². The number of piperidine rings is 1. The van der Waals surface area contributed by atoms with E-state index in [9.17, 15) is 14.4 Å². The summed E-state index contributed by atoms with van der Waals surface area (Å²) in [5, 5.41) is 0. The van der Waals surface area contributed by atoms with E-state index in [0.29, 0.717) is 11.3 Å². The number of Topliss-reactive ketones (excluding diaryl/α,β-unsaturated/α-hetero) is 1. The Morgan fingerprint density at radius 3 is 2.60 bits per heavy atom. The van der Waals surface area contributed by atoms with Gasteiger partial charge in [-0.25, -0.2) is 0 Å². The number of hydrogen-bond acceptors (Lipinski definition) is 7. The molecular formula is C23H25NO6. The number of ketones is 1. The molecule has 4 aliphatic rings. The third-order valence-electron chi connectivity index (χ3n) is 7.18. The summed E-state index contributed by atoms with van der Waals surface area (Å²) < 4.78 is 17.6. The van der Waals surface area contributed by atoms with E-state index in [1.165, 1.54) is 20.8 Å². The predicted octanol–water partition coefficient (Wildman–Crippen LogP) is 2.19. The summed E-state index contributed by atoms with van der Waals surface area (Å²) in [5.41, 5.74) is 2.09. The van der Waals surface area contributed by atoms with Gasteiger partial charge in [0, 0.05) is 42.3 Å². The van der Waals surface area contributed by atoms with E-state index in [1.54, 1.807) is 6.07 Å². The topological polar surface area (TPSA) is 82.1 Å². The third-order valence-corrected chi connectivity index (χ3v) is 7.18. The van der Waals surface area contributed by atoms with Crippen molar-refractivity contribution in [3.63, 3.8) is 0 Å². The summed E-state index contributed by atoms with van der Waals surface area (Å²) >= 11 is 0. The number of carbonyl (C=O) groups is 3. The Kier molecular flexibility index (Phi) is 4.13. The maximum Gasteiger partial charge on any atom is 0.308 e. The van der Waals surface area contributed by atoms with Gasteiger partial charge in [-0.3, -0.25) is 14.4 Å². The van der Waals surface area contributed by atoms with E-state index in [1.807, 2.05) is 6.08 Å². The van der Waals surface area contributed by atoms with Crippen LogP contribution in [0.2, 0.25) is 0 Å². The Morgan fingerprint density at radius 2 is 1.93 bits per heavy atom. The fraction of sp³-hybridized carbons (Fsp3) is 0.522. The fourth-order valence-electron chi connectivity index (χ4n) is 6.13.